The van der Waals surface area contributed by atoms with E-state index < -0.39 is 20.0 Å². The SMILES string of the molecule is C=CCN(CCC#CC#CCCN(CC=C)S(=O)(=O)c1ccc(C)cc1)S(=O)(=O)c1ccc(C)cc1. The second kappa shape index (κ2) is 13.8. The summed E-state index contributed by atoms with van der Waals surface area (Å²) in [5, 5.41) is 0. The first-order valence-electron chi connectivity index (χ1n) is 11.4. The first-order chi connectivity index (χ1) is 17.1. The molecule has 0 heterocycles. The van der Waals surface area contributed by atoms with Gasteiger partial charge >= 0.3 is 0 Å². The van der Waals surface area contributed by atoms with Crippen LogP contribution in [0.5, 0.6) is 0 Å². The average Bonchev–Trinajstić information content (AvgIpc) is 2.84. The summed E-state index contributed by atoms with van der Waals surface area (Å²) in [5.74, 6) is 11.2. The molecule has 0 radical (unpaired) electrons. The summed E-state index contributed by atoms with van der Waals surface area (Å²) >= 11 is 0. The normalized spacial score (nSPS) is 11.3. The third-order valence-corrected chi connectivity index (χ3v) is 8.95. The zero-order valence-electron chi connectivity index (χ0n) is 20.8. The van der Waals surface area contributed by atoms with Gasteiger partial charge in [0.2, 0.25) is 20.0 Å². The highest BCUT2D eigenvalue weighted by molar-refractivity contribution is 7.89. The zero-order valence-corrected chi connectivity index (χ0v) is 22.4. The van der Waals surface area contributed by atoms with E-state index in [0.29, 0.717) is 12.8 Å². The molecular formula is C28H32N2O4S2. The van der Waals surface area contributed by atoms with E-state index in [1.54, 1.807) is 60.7 Å². The van der Waals surface area contributed by atoms with Gasteiger partial charge in [0, 0.05) is 39.0 Å². The number of rotatable bonds is 12. The number of hydrogen-bond acceptors (Lipinski definition) is 4. The topological polar surface area (TPSA) is 74.8 Å². The molecular weight excluding hydrogens is 492 g/mol. The molecule has 190 valence electrons. The minimum atomic E-state index is -3.65. The lowest BCUT2D eigenvalue weighted by molar-refractivity contribution is 0.449. The van der Waals surface area contributed by atoms with Crippen LogP contribution in [0.3, 0.4) is 0 Å². The van der Waals surface area contributed by atoms with Gasteiger partial charge in [-0.3, -0.25) is 0 Å². The quantitative estimate of drug-likeness (QED) is 0.309. The van der Waals surface area contributed by atoms with Crippen molar-refractivity contribution >= 4 is 20.0 Å². The fraction of sp³-hybridized carbons (Fsp3) is 0.286. The molecule has 36 heavy (non-hydrogen) atoms. The molecule has 0 spiro atoms. The van der Waals surface area contributed by atoms with E-state index in [1.807, 2.05) is 13.8 Å². The first-order valence-corrected chi connectivity index (χ1v) is 14.3. The highest BCUT2D eigenvalue weighted by Crippen LogP contribution is 2.17. The van der Waals surface area contributed by atoms with Crippen LogP contribution in [-0.4, -0.2) is 51.6 Å². The Balaban J connectivity index is 1.96. The molecule has 0 unspecified atom stereocenters. The van der Waals surface area contributed by atoms with Crippen LogP contribution in [0.15, 0.2) is 83.6 Å². The Morgan fingerprint density at radius 2 is 1.00 bits per heavy atom. The van der Waals surface area contributed by atoms with Gasteiger partial charge in [-0.15, -0.1) is 13.2 Å². The molecule has 0 saturated carbocycles. The van der Waals surface area contributed by atoms with Gasteiger partial charge in [-0.25, -0.2) is 16.8 Å². The minimum absolute atomic E-state index is 0.179. The predicted molar refractivity (Wildman–Crippen MR) is 145 cm³/mol. The molecule has 0 aliphatic heterocycles. The minimum Gasteiger partial charge on any atom is -0.207 e. The molecule has 0 N–H and O–H groups in total. The van der Waals surface area contributed by atoms with Gasteiger partial charge in [0.25, 0.3) is 0 Å². The van der Waals surface area contributed by atoms with E-state index in [2.05, 4.69) is 36.8 Å². The fourth-order valence-electron chi connectivity index (χ4n) is 3.20. The van der Waals surface area contributed by atoms with Crippen molar-refractivity contribution in [2.75, 3.05) is 26.2 Å². The van der Waals surface area contributed by atoms with Crippen molar-refractivity contribution < 1.29 is 16.8 Å². The van der Waals surface area contributed by atoms with Gasteiger partial charge in [0.15, 0.2) is 0 Å². The van der Waals surface area contributed by atoms with Gasteiger partial charge in [-0.1, -0.05) is 59.4 Å². The van der Waals surface area contributed by atoms with Gasteiger partial charge in [-0.05, 0) is 50.0 Å². The van der Waals surface area contributed by atoms with Crippen LogP contribution in [0.25, 0.3) is 0 Å². The van der Waals surface area contributed by atoms with Crippen molar-refractivity contribution in [3.05, 3.63) is 85.0 Å². The Labute approximate surface area is 216 Å². The Hall–Kier alpha value is -3.14. The maximum absolute atomic E-state index is 12.9. The van der Waals surface area contributed by atoms with E-state index in [0.717, 1.165) is 11.1 Å². The van der Waals surface area contributed by atoms with Crippen LogP contribution in [0.1, 0.15) is 24.0 Å². The summed E-state index contributed by atoms with van der Waals surface area (Å²) in [6.45, 7) is 11.9. The van der Waals surface area contributed by atoms with Crippen LogP contribution in [-0.2, 0) is 20.0 Å². The molecule has 0 aliphatic carbocycles. The largest absolute Gasteiger partial charge is 0.243 e. The van der Waals surface area contributed by atoms with Crippen molar-refractivity contribution in [1.82, 2.24) is 8.61 Å². The molecule has 0 aromatic heterocycles. The Kier molecular flexibility index (Phi) is 11.2. The molecule has 0 fully saturated rings. The van der Waals surface area contributed by atoms with Crippen molar-refractivity contribution in [2.24, 2.45) is 0 Å². The molecule has 6 nitrogen and oxygen atoms in total. The van der Waals surface area contributed by atoms with E-state index in [-0.39, 0.29) is 36.0 Å². The highest BCUT2D eigenvalue weighted by atomic mass is 32.2. The molecule has 0 atom stereocenters. The lowest BCUT2D eigenvalue weighted by Crippen LogP contribution is -2.32. The Morgan fingerprint density at radius 1 is 0.667 bits per heavy atom. The lowest BCUT2D eigenvalue weighted by Gasteiger charge is -2.19. The summed E-state index contributed by atoms with van der Waals surface area (Å²) in [4.78, 5) is 0.458. The molecule has 8 heteroatoms. The average molecular weight is 525 g/mol. The third-order valence-electron chi connectivity index (χ3n) is 5.19. The number of sulfonamides is 2. The molecule has 2 aromatic carbocycles. The van der Waals surface area contributed by atoms with Crippen LogP contribution in [0, 0.1) is 37.5 Å². The maximum Gasteiger partial charge on any atom is 0.243 e. The van der Waals surface area contributed by atoms with Crippen LogP contribution in [0.2, 0.25) is 0 Å². The van der Waals surface area contributed by atoms with Gasteiger partial charge in [-0.2, -0.15) is 8.61 Å². The van der Waals surface area contributed by atoms with Crippen LogP contribution in [0.4, 0.5) is 0 Å². The zero-order chi connectivity index (χ0) is 26.6. The van der Waals surface area contributed by atoms with Crippen LogP contribution < -0.4 is 0 Å². The number of aryl methyl sites for hydroxylation is 2. The number of benzene rings is 2. The number of hydrogen-bond donors (Lipinski definition) is 0. The van der Waals surface area contributed by atoms with E-state index in [4.69, 9.17) is 0 Å². The summed E-state index contributed by atoms with van der Waals surface area (Å²) in [6, 6.07) is 13.4. The van der Waals surface area contributed by atoms with E-state index in [9.17, 15) is 16.8 Å². The summed E-state index contributed by atoms with van der Waals surface area (Å²) in [5.41, 5.74) is 1.96. The Bertz CT molecular complexity index is 1260. The van der Waals surface area contributed by atoms with Gasteiger partial charge in [0.1, 0.15) is 0 Å². The lowest BCUT2D eigenvalue weighted by atomic mass is 10.2. The second-order valence-corrected chi connectivity index (χ2v) is 11.9. The standard InChI is InChI=1S/C28H32N2O4S2/c1-5-21-29(35(31,32)27-17-13-25(3)14-18-27)23-11-9-7-8-10-12-24-30(22-6-2)36(33,34)28-19-15-26(4)16-20-28/h5-6,13-20H,1-2,11-12,21-24H2,3-4H3. The summed E-state index contributed by atoms with van der Waals surface area (Å²) in [7, 11) is -7.30. The molecule has 0 aliphatic rings. The van der Waals surface area contributed by atoms with Crippen molar-refractivity contribution in [2.45, 2.75) is 36.5 Å². The van der Waals surface area contributed by atoms with E-state index in [1.165, 1.54) is 8.61 Å². The van der Waals surface area contributed by atoms with Crippen molar-refractivity contribution in [3.63, 3.8) is 0 Å². The first kappa shape index (κ1) is 29.1. The molecule has 2 rings (SSSR count). The number of nitrogens with zero attached hydrogens (tertiary/aromatic N) is 2. The summed E-state index contributed by atoms with van der Waals surface area (Å²) in [6.07, 6.45) is 3.69. The molecule has 2 aromatic rings. The second-order valence-electron chi connectivity index (χ2n) is 8.03. The molecule has 0 bridgehead atoms. The highest BCUT2D eigenvalue weighted by Gasteiger charge is 2.23. The third kappa shape index (κ3) is 8.22. The Morgan fingerprint density at radius 3 is 1.31 bits per heavy atom. The van der Waals surface area contributed by atoms with Gasteiger partial charge in [0.05, 0.1) is 9.79 Å². The predicted octanol–water partition coefficient (Wildman–Crippen LogP) is 4.14. The smallest absolute Gasteiger partial charge is 0.207 e. The maximum atomic E-state index is 12.9. The van der Waals surface area contributed by atoms with Crippen molar-refractivity contribution in [1.29, 1.82) is 0 Å². The van der Waals surface area contributed by atoms with Crippen molar-refractivity contribution in [3.8, 4) is 23.7 Å². The van der Waals surface area contributed by atoms with E-state index >= 15 is 0 Å². The fourth-order valence-corrected chi connectivity index (χ4v) is 6.02. The molecule has 0 saturated heterocycles. The van der Waals surface area contributed by atoms with Crippen LogP contribution >= 0.6 is 0 Å². The summed E-state index contributed by atoms with van der Waals surface area (Å²) < 4.78 is 54.2. The molecule has 0 amide bonds. The monoisotopic (exact) mass is 524 g/mol. The van der Waals surface area contributed by atoms with Gasteiger partial charge < -0.3 is 0 Å².